The summed E-state index contributed by atoms with van der Waals surface area (Å²) >= 11 is 0. The van der Waals surface area contributed by atoms with Crippen LogP contribution in [0.2, 0.25) is 0 Å². The third kappa shape index (κ3) is 3.60. The van der Waals surface area contributed by atoms with Gasteiger partial charge >= 0.3 is 5.97 Å². The highest BCUT2D eigenvalue weighted by molar-refractivity contribution is 5.69. The SMILES string of the molecule is CCNC1CCCCc2cn(CCC(=O)OC)cc21. The Morgan fingerprint density at radius 3 is 3.05 bits per heavy atom. The van der Waals surface area contributed by atoms with Crippen LogP contribution in [0, 0.1) is 0 Å². The van der Waals surface area contributed by atoms with Gasteiger partial charge in [-0.05, 0) is 36.9 Å². The Balaban J connectivity index is 2.08. The minimum Gasteiger partial charge on any atom is -0.469 e. The van der Waals surface area contributed by atoms with Crippen molar-refractivity contribution in [3.8, 4) is 0 Å². The standard InChI is InChI=1S/C15H24N2O2/c1-3-16-14-7-5-4-6-12-10-17(11-13(12)14)9-8-15(18)19-2/h10-11,14,16H,3-9H2,1-2H3. The molecule has 0 aromatic carbocycles. The number of carbonyl (C=O) groups excluding carboxylic acids is 1. The molecular formula is C15H24N2O2. The van der Waals surface area contributed by atoms with Gasteiger partial charge in [-0.1, -0.05) is 13.3 Å². The van der Waals surface area contributed by atoms with Gasteiger partial charge in [0, 0.05) is 25.0 Å². The average molecular weight is 264 g/mol. The van der Waals surface area contributed by atoms with Gasteiger partial charge in [-0.15, -0.1) is 0 Å². The third-order valence-corrected chi connectivity index (χ3v) is 3.81. The second-order valence-electron chi connectivity index (χ2n) is 5.16. The van der Waals surface area contributed by atoms with Crippen molar-refractivity contribution in [2.45, 2.75) is 51.6 Å². The van der Waals surface area contributed by atoms with Crippen molar-refractivity contribution in [1.29, 1.82) is 0 Å². The summed E-state index contributed by atoms with van der Waals surface area (Å²) in [5.41, 5.74) is 2.86. The van der Waals surface area contributed by atoms with Crippen LogP contribution in [-0.4, -0.2) is 24.2 Å². The van der Waals surface area contributed by atoms with Crippen LogP contribution in [0.3, 0.4) is 0 Å². The maximum absolute atomic E-state index is 11.2. The monoisotopic (exact) mass is 264 g/mol. The molecule has 0 spiro atoms. The second-order valence-corrected chi connectivity index (χ2v) is 5.16. The van der Waals surface area contributed by atoms with Gasteiger partial charge in [0.1, 0.15) is 0 Å². The lowest BCUT2D eigenvalue weighted by Crippen LogP contribution is -2.20. The molecule has 1 aliphatic carbocycles. The molecule has 1 heterocycles. The first kappa shape index (κ1) is 14.1. The summed E-state index contributed by atoms with van der Waals surface area (Å²) in [6.45, 7) is 3.86. The van der Waals surface area contributed by atoms with E-state index in [2.05, 4.69) is 33.9 Å². The van der Waals surface area contributed by atoms with E-state index in [1.807, 2.05) is 0 Å². The molecule has 0 amide bonds. The lowest BCUT2D eigenvalue weighted by molar-refractivity contribution is -0.140. The number of aryl methyl sites for hydroxylation is 2. The van der Waals surface area contributed by atoms with E-state index in [4.69, 9.17) is 0 Å². The van der Waals surface area contributed by atoms with Crippen molar-refractivity contribution in [3.63, 3.8) is 0 Å². The van der Waals surface area contributed by atoms with Crippen LogP contribution in [0.5, 0.6) is 0 Å². The van der Waals surface area contributed by atoms with E-state index >= 15 is 0 Å². The summed E-state index contributed by atoms with van der Waals surface area (Å²) in [7, 11) is 1.44. The predicted molar refractivity (Wildman–Crippen MR) is 75.0 cm³/mol. The number of methoxy groups -OCH3 is 1. The Kier molecular flexibility index (Phi) is 5.02. The molecule has 1 unspecified atom stereocenters. The maximum Gasteiger partial charge on any atom is 0.307 e. The van der Waals surface area contributed by atoms with Crippen molar-refractivity contribution < 1.29 is 9.53 Å². The van der Waals surface area contributed by atoms with Crippen LogP contribution >= 0.6 is 0 Å². The normalized spacial score (nSPS) is 18.7. The van der Waals surface area contributed by atoms with Gasteiger partial charge in [-0.3, -0.25) is 4.79 Å². The number of nitrogens with zero attached hydrogens (tertiary/aromatic N) is 1. The maximum atomic E-state index is 11.2. The molecule has 106 valence electrons. The number of hydrogen-bond donors (Lipinski definition) is 1. The zero-order valence-corrected chi connectivity index (χ0v) is 11.9. The predicted octanol–water partition coefficient (Wildman–Crippen LogP) is 2.43. The topological polar surface area (TPSA) is 43.3 Å². The van der Waals surface area contributed by atoms with Gasteiger partial charge in [0.2, 0.25) is 0 Å². The Morgan fingerprint density at radius 2 is 2.32 bits per heavy atom. The highest BCUT2D eigenvalue weighted by Crippen LogP contribution is 2.29. The smallest absolute Gasteiger partial charge is 0.307 e. The van der Waals surface area contributed by atoms with Crippen molar-refractivity contribution >= 4 is 5.97 Å². The fraction of sp³-hybridized carbons (Fsp3) is 0.667. The summed E-state index contributed by atoms with van der Waals surface area (Å²) in [6, 6.07) is 0.474. The Hall–Kier alpha value is -1.29. The number of rotatable bonds is 5. The molecule has 1 aromatic rings. The molecule has 19 heavy (non-hydrogen) atoms. The quantitative estimate of drug-likeness (QED) is 0.656. The van der Waals surface area contributed by atoms with Crippen molar-refractivity contribution in [3.05, 3.63) is 23.5 Å². The van der Waals surface area contributed by atoms with E-state index in [-0.39, 0.29) is 5.97 Å². The van der Waals surface area contributed by atoms with Crippen LogP contribution in [0.25, 0.3) is 0 Å². The number of hydrogen-bond acceptors (Lipinski definition) is 3. The zero-order chi connectivity index (χ0) is 13.7. The molecular weight excluding hydrogens is 240 g/mol. The zero-order valence-electron chi connectivity index (χ0n) is 11.9. The van der Waals surface area contributed by atoms with Crippen LogP contribution in [0.4, 0.5) is 0 Å². The number of aromatic nitrogens is 1. The van der Waals surface area contributed by atoms with Gasteiger partial charge in [0.15, 0.2) is 0 Å². The lowest BCUT2D eigenvalue weighted by atomic mass is 10.0. The van der Waals surface area contributed by atoms with Crippen LogP contribution in [0.15, 0.2) is 12.4 Å². The minimum absolute atomic E-state index is 0.146. The lowest BCUT2D eigenvalue weighted by Gasteiger charge is -2.15. The fourth-order valence-electron chi connectivity index (χ4n) is 2.83. The molecule has 2 rings (SSSR count). The molecule has 0 saturated heterocycles. The first-order valence-electron chi connectivity index (χ1n) is 7.23. The van der Waals surface area contributed by atoms with Gasteiger partial charge in [0.25, 0.3) is 0 Å². The first-order chi connectivity index (χ1) is 9.24. The highest BCUT2D eigenvalue weighted by Gasteiger charge is 2.19. The summed E-state index contributed by atoms with van der Waals surface area (Å²) < 4.78 is 6.83. The van der Waals surface area contributed by atoms with Crippen LogP contribution < -0.4 is 5.32 Å². The van der Waals surface area contributed by atoms with Crippen molar-refractivity contribution in [1.82, 2.24) is 9.88 Å². The van der Waals surface area contributed by atoms with E-state index < -0.39 is 0 Å². The Morgan fingerprint density at radius 1 is 1.47 bits per heavy atom. The molecule has 0 radical (unpaired) electrons. The number of fused-ring (bicyclic) bond motifs is 1. The van der Waals surface area contributed by atoms with Gasteiger partial charge < -0.3 is 14.6 Å². The largest absolute Gasteiger partial charge is 0.469 e. The molecule has 1 atom stereocenters. The molecule has 1 aromatic heterocycles. The molecule has 0 saturated carbocycles. The minimum atomic E-state index is -0.146. The van der Waals surface area contributed by atoms with E-state index in [0.717, 1.165) is 13.0 Å². The highest BCUT2D eigenvalue weighted by atomic mass is 16.5. The van der Waals surface area contributed by atoms with Crippen LogP contribution in [-0.2, 0) is 22.5 Å². The molecule has 1 N–H and O–H groups in total. The number of esters is 1. The fourth-order valence-corrected chi connectivity index (χ4v) is 2.83. The van der Waals surface area contributed by atoms with Crippen LogP contribution in [0.1, 0.15) is 49.8 Å². The third-order valence-electron chi connectivity index (χ3n) is 3.81. The summed E-state index contributed by atoms with van der Waals surface area (Å²) in [4.78, 5) is 11.2. The van der Waals surface area contributed by atoms with Crippen molar-refractivity contribution in [2.75, 3.05) is 13.7 Å². The Labute approximate surface area is 115 Å². The number of nitrogens with one attached hydrogen (secondary N) is 1. The Bertz CT molecular complexity index is 426. The molecule has 0 aliphatic heterocycles. The first-order valence-corrected chi connectivity index (χ1v) is 7.23. The second kappa shape index (κ2) is 6.75. The summed E-state index contributed by atoms with van der Waals surface area (Å²) in [5, 5.41) is 3.57. The van der Waals surface area contributed by atoms with E-state index in [0.29, 0.717) is 19.0 Å². The van der Waals surface area contributed by atoms with Gasteiger partial charge in [-0.2, -0.15) is 0 Å². The molecule has 0 fully saturated rings. The number of ether oxygens (including phenoxy) is 1. The molecule has 0 bridgehead atoms. The summed E-state index contributed by atoms with van der Waals surface area (Å²) in [6.07, 6.45) is 9.76. The molecule has 4 heteroatoms. The van der Waals surface area contributed by atoms with Crippen molar-refractivity contribution in [2.24, 2.45) is 0 Å². The van der Waals surface area contributed by atoms with Gasteiger partial charge in [0.05, 0.1) is 13.5 Å². The average Bonchev–Trinajstić information content (AvgIpc) is 2.74. The number of carbonyl (C=O) groups is 1. The van der Waals surface area contributed by atoms with E-state index in [1.165, 1.54) is 37.5 Å². The van der Waals surface area contributed by atoms with E-state index in [1.54, 1.807) is 0 Å². The van der Waals surface area contributed by atoms with E-state index in [9.17, 15) is 4.79 Å². The molecule has 4 nitrogen and oxygen atoms in total. The van der Waals surface area contributed by atoms with Gasteiger partial charge in [-0.25, -0.2) is 0 Å². The molecule has 1 aliphatic rings. The summed E-state index contributed by atoms with van der Waals surface area (Å²) in [5.74, 6) is -0.146.